The summed E-state index contributed by atoms with van der Waals surface area (Å²) in [6.45, 7) is 2.04. The van der Waals surface area contributed by atoms with Gasteiger partial charge in [-0.15, -0.1) is 4.73 Å². The molecule has 2 aromatic heterocycles. The van der Waals surface area contributed by atoms with E-state index in [4.69, 9.17) is 15.3 Å². The second-order valence-electron chi connectivity index (χ2n) is 12.7. The number of nitrogens with zero attached hydrogens (tertiary/aromatic N) is 4. The number of phenols is 1. The molecule has 13 heteroatoms. The quantitative estimate of drug-likeness (QED) is 0.0850. The van der Waals surface area contributed by atoms with E-state index in [1.165, 1.54) is 42.3 Å². The molecule has 1 aliphatic rings. The van der Waals surface area contributed by atoms with Gasteiger partial charge in [0, 0.05) is 6.42 Å². The molecule has 0 radical (unpaired) electrons. The summed E-state index contributed by atoms with van der Waals surface area (Å²) in [7, 11) is 0. The summed E-state index contributed by atoms with van der Waals surface area (Å²) in [6.07, 6.45) is 22.3. The number of imidazole rings is 1. The van der Waals surface area contributed by atoms with Gasteiger partial charge in [0.05, 0.1) is 19.0 Å². The fourth-order valence-corrected chi connectivity index (χ4v) is 5.81. The number of aliphatic hydroxyl groups excluding tert-OH is 1. The number of hydrogen-bond acceptors (Lipinski definition) is 10. The Hall–Kier alpha value is -4.33. The number of rotatable bonds is 21. The van der Waals surface area contributed by atoms with E-state index < -0.39 is 29.9 Å². The van der Waals surface area contributed by atoms with Crippen molar-refractivity contribution in [3.63, 3.8) is 0 Å². The number of nitrogens with one attached hydrogen (secondary N) is 1. The summed E-state index contributed by atoms with van der Waals surface area (Å²) in [5.74, 6) is -1.43. The summed E-state index contributed by atoms with van der Waals surface area (Å²) in [6, 6.07) is 5.14. The number of aromatic nitrogens is 4. The molecular weight excluding hydrogens is 640 g/mol. The smallest absolute Gasteiger partial charge is 0.349 e. The fourth-order valence-electron chi connectivity index (χ4n) is 5.81. The summed E-state index contributed by atoms with van der Waals surface area (Å²) < 4.78 is 8.42. The molecule has 0 aliphatic carbocycles. The lowest BCUT2D eigenvalue weighted by Gasteiger charge is -2.20. The van der Waals surface area contributed by atoms with E-state index in [2.05, 4.69) is 46.5 Å². The van der Waals surface area contributed by atoms with Crippen molar-refractivity contribution in [2.24, 2.45) is 5.73 Å². The monoisotopic (exact) mass is 692 g/mol. The molecule has 3 heterocycles. The Labute approximate surface area is 293 Å². The highest BCUT2D eigenvalue weighted by molar-refractivity contribution is 5.90. The van der Waals surface area contributed by atoms with Gasteiger partial charge in [0.15, 0.2) is 11.2 Å². The summed E-state index contributed by atoms with van der Waals surface area (Å²) in [5, 5.41) is 21.8. The van der Waals surface area contributed by atoms with Crippen LogP contribution < -0.4 is 21.4 Å². The van der Waals surface area contributed by atoms with Gasteiger partial charge in [0.2, 0.25) is 11.9 Å². The van der Waals surface area contributed by atoms with E-state index >= 15 is 0 Å². The third-order valence-corrected chi connectivity index (χ3v) is 8.64. The second kappa shape index (κ2) is 20.4. The molecule has 0 bridgehead atoms. The Morgan fingerprint density at radius 3 is 2.44 bits per heavy atom. The zero-order chi connectivity index (χ0) is 35.7. The molecule has 5 N–H and O–H groups in total. The largest absolute Gasteiger partial charge is 0.508 e. The van der Waals surface area contributed by atoms with Crippen molar-refractivity contribution in [1.82, 2.24) is 19.3 Å². The number of fused-ring (bicyclic) bond motifs is 1. The first kappa shape index (κ1) is 38.5. The first-order valence-corrected chi connectivity index (χ1v) is 17.9. The molecular formula is C37H52N6O7. The molecule has 13 nitrogen and oxygen atoms in total. The maximum atomic E-state index is 13.3. The minimum absolute atomic E-state index is 0.0612. The van der Waals surface area contributed by atoms with Crippen LogP contribution in [0.15, 0.2) is 59.7 Å². The standard InChI is InChI=1S/C37H52N6O7/c1-2-3-4-5-6-7-8-9-10-11-12-13-14-15-16-17-31(46)40-37-41-34(47)33-35(42(26-39-33)32-23-22-29(25-44)49-32)43(37)50-36(48)30(38)24-27-18-20-28(45)21-19-27/h6-7,9-10,18-21,26,29-30,32,44-45H,2-5,8,11-17,22-25,38H2,1H3,(H,40,41,46,47)/b7-6-,10-9-/t29-,30?,32+/m0/s1. The van der Waals surface area contributed by atoms with Crippen molar-refractivity contribution >= 4 is 29.0 Å². The Morgan fingerprint density at radius 1 is 1.04 bits per heavy atom. The number of allylic oxidation sites excluding steroid dienone is 4. The molecule has 1 fully saturated rings. The zero-order valence-corrected chi connectivity index (χ0v) is 29.0. The van der Waals surface area contributed by atoms with Crippen LogP contribution in [-0.4, -0.2) is 60.1 Å². The molecule has 50 heavy (non-hydrogen) atoms. The highest BCUT2D eigenvalue weighted by Crippen LogP contribution is 2.30. The van der Waals surface area contributed by atoms with Gasteiger partial charge in [-0.3, -0.25) is 19.5 Å². The normalized spacial score (nSPS) is 16.9. The summed E-state index contributed by atoms with van der Waals surface area (Å²) in [5.41, 5.74) is 6.15. The average Bonchev–Trinajstić information content (AvgIpc) is 3.77. The number of carbonyl (C=O) groups excluding carboxylic acids is 2. The molecule has 0 saturated carbocycles. The second-order valence-corrected chi connectivity index (χ2v) is 12.7. The van der Waals surface area contributed by atoms with Gasteiger partial charge in [-0.25, -0.2) is 9.78 Å². The van der Waals surface area contributed by atoms with Gasteiger partial charge in [0.1, 0.15) is 18.0 Å². The van der Waals surface area contributed by atoms with Crippen molar-refractivity contribution in [2.45, 2.75) is 122 Å². The number of aromatic hydroxyl groups is 1. The number of hydrogen-bond donors (Lipinski definition) is 4. The Kier molecular flexibility index (Phi) is 15.7. The van der Waals surface area contributed by atoms with E-state index in [0.29, 0.717) is 24.8 Å². The lowest BCUT2D eigenvalue weighted by Crippen LogP contribution is -2.41. The van der Waals surface area contributed by atoms with Crippen molar-refractivity contribution in [2.75, 3.05) is 11.9 Å². The minimum atomic E-state index is -1.12. The fraction of sp³-hybridized carbons (Fsp3) is 0.541. The number of ether oxygens (including phenoxy) is 1. The number of aliphatic hydroxyl groups is 1. The molecule has 272 valence electrons. The lowest BCUT2D eigenvalue weighted by atomic mass is 10.1. The van der Waals surface area contributed by atoms with Crippen LogP contribution in [0.3, 0.4) is 0 Å². The van der Waals surface area contributed by atoms with Crippen molar-refractivity contribution in [3.8, 4) is 5.75 Å². The van der Waals surface area contributed by atoms with Gasteiger partial charge >= 0.3 is 11.5 Å². The highest BCUT2D eigenvalue weighted by atomic mass is 16.7. The van der Waals surface area contributed by atoms with Gasteiger partial charge in [0.25, 0.3) is 0 Å². The van der Waals surface area contributed by atoms with Crippen LogP contribution >= 0.6 is 0 Å². The zero-order valence-electron chi connectivity index (χ0n) is 29.0. The molecule has 1 saturated heterocycles. The van der Waals surface area contributed by atoms with Crippen molar-refractivity contribution < 1.29 is 29.4 Å². The molecule has 3 aromatic rings. The van der Waals surface area contributed by atoms with Crippen molar-refractivity contribution in [1.29, 1.82) is 0 Å². The number of carbonyl (C=O) groups is 2. The maximum Gasteiger partial charge on any atom is 0.349 e. The number of nitrogens with two attached hydrogens (primary N) is 1. The van der Waals surface area contributed by atoms with Crippen LogP contribution in [0, 0.1) is 0 Å². The van der Waals surface area contributed by atoms with E-state index in [1.54, 1.807) is 12.1 Å². The Balaban J connectivity index is 1.36. The number of phenolic OH excluding ortho intramolecular Hbond substituents is 1. The molecule has 1 amide bonds. The highest BCUT2D eigenvalue weighted by Gasteiger charge is 2.31. The van der Waals surface area contributed by atoms with Crippen LogP contribution in [0.4, 0.5) is 5.95 Å². The van der Waals surface area contributed by atoms with Crippen LogP contribution in [0.1, 0.15) is 109 Å². The first-order chi connectivity index (χ1) is 24.3. The SMILES string of the molecule is CCCCC/C=C\C/C=C\CCCCCCCC(=O)Nc1nc(=O)c2ncn([C@H]3CC[C@@H](CO)O3)c2n1OC(=O)C(N)Cc1ccc(O)cc1. The van der Waals surface area contributed by atoms with E-state index in [9.17, 15) is 24.6 Å². The predicted octanol–water partition coefficient (Wildman–Crippen LogP) is 5.25. The summed E-state index contributed by atoms with van der Waals surface area (Å²) >= 11 is 0. The van der Waals surface area contributed by atoms with E-state index in [-0.39, 0.29) is 48.2 Å². The third kappa shape index (κ3) is 11.6. The van der Waals surface area contributed by atoms with Gasteiger partial charge in [-0.05, 0) is 75.5 Å². The van der Waals surface area contributed by atoms with Gasteiger partial charge < -0.3 is 25.5 Å². The lowest BCUT2D eigenvalue weighted by molar-refractivity contribution is -0.145. The summed E-state index contributed by atoms with van der Waals surface area (Å²) in [4.78, 5) is 53.3. The molecule has 4 rings (SSSR count). The van der Waals surface area contributed by atoms with E-state index in [1.807, 2.05) is 0 Å². The molecule has 1 aliphatic heterocycles. The van der Waals surface area contributed by atoms with Crippen LogP contribution in [0.5, 0.6) is 5.75 Å². The molecule has 3 atom stereocenters. The molecule has 1 unspecified atom stereocenters. The molecule has 1 aromatic carbocycles. The Bertz CT molecular complexity index is 1630. The van der Waals surface area contributed by atoms with Crippen LogP contribution in [0.2, 0.25) is 0 Å². The number of unbranched alkanes of at least 4 members (excludes halogenated alkanes) is 8. The maximum absolute atomic E-state index is 13.3. The Morgan fingerprint density at radius 2 is 1.74 bits per heavy atom. The number of benzene rings is 1. The predicted molar refractivity (Wildman–Crippen MR) is 191 cm³/mol. The third-order valence-electron chi connectivity index (χ3n) is 8.64. The number of amides is 1. The van der Waals surface area contributed by atoms with Gasteiger partial charge in [-0.2, -0.15) is 4.98 Å². The average molecular weight is 693 g/mol. The van der Waals surface area contributed by atoms with E-state index in [0.717, 1.165) is 49.7 Å². The van der Waals surface area contributed by atoms with Gasteiger partial charge in [-0.1, -0.05) is 75.5 Å². The first-order valence-electron chi connectivity index (χ1n) is 17.9. The minimum Gasteiger partial charge on any atom is -0.508 e. The van der Waals surface area contributed by atoms with Crippen molar-refractivity contribution in [3.05, 3.63) is 70.8 Å². The molecule has 0 spiro atoms. The topological polar surface area (TPSA) is 184 Å². The van der Waals surface area contributed by atoms with Crippen LogP contribution in [-0.2, 0) is 20.7 Å². The number of anilines is 1. The van der Waals surface area contributed by atoms with Crippen LogP contribution in [0.25, 0.3) is 11.2 Å².